The van der Waals surface area contributed by atoms with Crippen molar-refractivity contribution in [1.29, 1.82) is 0 Å². The van der Waals surface area contributed by atoms with Gasteiger partial charge in [0.15, 0.2) is 0 Å². The average molecular weight is 467 g/mol. The van der Waals surface area contributed by atoms with E-state index in [1.165, 1.54) is 32.1 Å². The predicted octanol–water partition coefficient (Wildman–Crippen LogP) is 8.36. The lowest BCUT2D eigenvalue weighted by molar-refractivity contribution is -0.0388. The normalized spacial score (nSPS) is 14.9. The molecular weight excluding hydrogens is 412 g/mol. The van der Waals surface area contributed by atoms with E-state index in [9.17, 15) is 0 Å². The standard InChI is InChI=1S/C29H54O4/c1-8-9-10-12-21-32-28(4,5)19-23-30-26-15-17-27(18-16-26)31-24-20-29(6,7)33-22-13-11-14-25(2)3/h15,17,25H,8-14,16,18-24H2,1-7H3. The van der Waals surface area contributed by atoms with Crippen LogP contribution >= 0.6 is 0 Å². The Hall–Kier alpha value is -1.00. The summed E-state index contributed by atoms with van der Waals surface area (Å²) in [5, 5.41) is 0. The Morgan fingerprint density at radius 2 is 1.18 bits per heavy atom. The molecule has 1 rings (SSSR count). The Kier molecular flexibility index (Phi) is 15.1. The van der Waals surface area contributed by atoms with Gasteiger partial charge in [-0.3, -0.25) is 0 Å². The molecule has 33 heavy (non-hydrogen) atoms. The molecule has 0 radical (unpaired) electrons. The van der Waals surface area contributed by atoms with Crippen molar-refractivity contribution in [3.8, 4) is 0 Å². The molecular formula is C29H54O4. The van der Waals surface area contributed by atoms with Gasteiger partial charge in [-0.05, 0) is 58.6 Å². The van der Waals surface area contributed by atoms with Crippen molar-refractivity contribution < 1.29 is 18.9 Å². The lowest BCUT2D eigenvalue weighted by atomic mass is 10.0. The van der Waals surface area contributed by atoms with Crippen LogP contribution in [0.4, 0.5) is 0 Å². The Balaban J connectivity index is 2.19. The van der Waals surface area contributed by atoms with E-state index in [-0.39, 0.29) is 11.2 Å². The van der Waals surface area contributed by atoms with E-state index in [1.807, 2.05) is 0 Å². The van der Waals surface area contributed by atoms with Gasteiger partial charge in [0.05, 0.1) is 35.9 Å². The Morgan fingerprint density at radius 3 is 1.61 bits per heavy atom. The quantitative estimate of drug-likeness (QED) is 0.169. The molecule has 0 bridgehead atoms. The smallest absolute Gasteiger partial charge is 0.0965 e. The zero-order valence-corrected chi connectivity index (χ0v) is 23.0. The molecule has 0 aromatic heterocycles. The molecule has 0 aromatic carbocycles. The van der Waals surface area contributed by atoms with Crippen molar-refractivity contribution in [2.75, 3.05) is 26.4 Å². The molecule has 0 spiro atoms. The number of hydrogen-bond donors (Lipinski definition) is 0. The number of allylic oxidation sites excluding steroid dienone is 4. The summed E-state index contributed by atoms with van der Waals surface area (Å²) >= 11 is 0. The first-order valence-electron chi connectivity index (χ1n) is 13.6. The maximum atomic E-state index is 6.09. The Bertz CT molecular complexity index is 560. The number of ether oxygens (including phenoxy) is 4. The lowest BCUT2D eigenvalue weighted by Gasteiger charge is -2.27. The molecule has 4 nitrogen and oxygen atoms in total. The van der Waals surface area contributed by atoms with Crippen LogP contribution in [-0.2, 0) is 18.9 Å². The molecule has 0 aliphatic heterocycles. The molecule has 0 N–H and O–H groups in total. The van der Waals surface area contributed by atoms with Crippen LogP contribution < -0.4 is 0 Å². The van der Waals surface area contributed by atoms with Gasteiger partial charge in [-0.1, -0.05) is 52.9 Å². The third-order valence-corrected chi connectivity index (χ3v) is 6.22. The molecule has 1 aliphatic rings. The van der Waals surface area contributed by atoms with Crippen molar-refractivity contribution in [1.82, 2.24) is 0 Å². The lowest BCUT2D eigenvalue weighted by Crippen LogP contribution is -2.27. The SMILES string of the molecule is CCCCCCOC(C)(C)CCOC1=CC=C(OCCC(C)(C)OCCCCC(C)C)CC1. The van der Waals surface area contributed by atoms with Crippen LogP contribution in [0.3, 0.4) is 0 Å². The Morgan fingerprint density at radius 1 is 0.697 bits per heavy atom. The first-order chi connectivity index (χ1) is 15.6. The van der Waals surface area contributed by atoms with E-state index in [4.69, 9.17) is 18.9 Å². The molecule has 0 atom stereocenters. The largest absolute Gasteiger partial charge is 0.498 e. The van der Waals surface area contributed by atoms with Crippen LogP contribution in [-0.4, -0.2) is 37.6 Å². The minimum Gasteiger partial charge on any atom is -0.498 e. The molecule has 0 unspecified atom stereocenters. The highest BCUT2D eigenvalue weighted by Crippen LogP contribution is 2.24. The summed E-state index contributed by atoms with van der Waals surface area (Å²) in [4.78, 5) is 0. The van der Waals surface area contributed by atoms with E-state index >= 15 is 0 Å². The molecule has 4 heteroatoms. The number of hydrogen-bond acceptors (Lipinski definition) is 4. The summed E-state index contributed by atoms with van der Waals surface area (Å²) < 4.78 is 24.2. The highest BCUT2D eigenvalue weighted by Gasteiger charge is 2.20. The predicted molar refractivity (Wildman–Crippen MR) is 139 cm³/mol. The van der Waals surface area contributed by atoms with Crippen LogP contribution in [0.2, 0.25) is 0 Å². The zero-order valence-electron chi connectivity index (χ0n) is 23.0. The summed E-state index contributed by atoms with van der Waals surface area (Å²) in [5.74, 6) is 2.87. The molecule has 0 heterocycles. The van der Waals surface area contributed by atoms with E-state index in [1.54, 1.807) is 0 Å². The molecule has 0 fully saturated rings. The summed E-state index contributed by atoms with van der Waals surface area (Å²) in [6.45, 7) is 18.5. The molecule has 0 saturated carbocycles. The van der Waals surface area contributed by atoms with Crippen molar-refractivity contribution in [2.24, 2.45) is 5.92 Å². The number of rotatable bonds is 20. The van der Waals surface area contributed by atoms with Crippen molar-refractivity contribution in [2.45, 2.75) is 130 Å². The second-order valence-corrected chi connectivity index (χ2v) is 11.1. The van der Waals surface area contributed by atoms with E-state index in [2.05, 4.69) is 60.6 Å². The highest BCUT2D eigenvalue weighted by atomic mass is 16.5. The van der Waals surface area contributed by atoms with Gasteiger partial charge < -0.3 is 18.9 Å². The van der Waals surface area contributed by atoms with E-state index in [0.29, 0.717) is 13.2 Å². The summed E-state index contributed by atoms with van der Waals surface area (Å²) in [6.07, 6.45) is 16.4. The van der Waals surface area contributed by atoms with Gasteiger partial charge in [0.25, 0.3) is 0 Å². The molecule has 0 aromatic rings. The average Bonchev–Trinajstić information content (AvgIpc) is 2.74. The van der Waals surface area contributed by atoms with Crippen LogP contribution in [0.5, 0.6) is 0 Å². The second-order valence-electron chi connectivity index (χ2n) is 11.1. The topological polar surface area (TPSA) is 36.9 Å². The number of unbranched alkanes of at least 4 members (excludes halogenated alkanes) is 4. The first kappa shape index (κ1) is 30.0. The fourth-order valence-corrected chi connectivity index (χ4v) is 3.72. The third-order valence-electron chi connectivity index (χ3n) is 6.22. The third kappa shape index (κ3) is 16.3. The van der Waals surface area contributed by atoms with Gasteiger partial charge in [-0.15, -0.1) is 0 Å². The van der Waals surface area contributed by atoms with Crippen molar-refractivity contribution >= 4 is 0 Å². The van der Waals surface area contributed by atoms with Gasteiger partial charge in [0.1, 0.15) is 0 Å². The van der Waals surface area contributed by atoms with Gasteiger partial charge in [0, 0.05) is 38.9 Å². The first-order valence-corrected chi connectivity index (χ1v) is 13.6. The minimum absolute atomic E-state index is 0.130. The molecule has 194 valence electrons. The summed E-state index contributed by atoms with van der Waals surface area (Å²) in [5.41, 5.74) is -0.267. The van der Waals surface area contributed by atoms with Crippen LogP contribution in [0.1, 0.15) is 119 Å². The van der Waals surface area contributed by atoms with Gasteiger partial charge in [0.2, 0.25) is 0 Å². The maximum absolute atomic E-state index is 6.09. The summed E-state index contributed by atoms with van der Waals surface area (Å²) in [6, 6.07) is 0. The summed E-state index contributed by atoms with van der Waals surface area (Å²) in [7, 11) is 0. The minimum atomic E-state index is -0.137. The molecule has 0 amide bonds. The Labute approximate surface area is 205 Å². The maximum Gasteiger partial charge on any atom is 0.0965 e. The van der Waals surface area contributed by atoms with Crippen LogP contribution in [0, 0.1) is 5.92 Å². The van der Waals surface area contributed by atoms with Crippen molar-refractivity contribution in [3.05, 3.63) is 23.7 Å². The van der Waals surface area contributed by atoms with Gasteiger partial charge in [-0.25, -0.2) is 0 Å². The molecule has 1 aliphatic carbocycles. The monoisotopic (exact) mass is 466 g/mol. The fraction of sp³-hybridized carbons (Fsp3) is 0.862. The van der Waals surface area contributed by atoms with E-state index < -0.39 is 0 Å². The molecule has 0 saturated heterocycles. The highest BCUT2D eigenvalue weighted by molar-refractivity contribution is 5.17. The zero-order chi connectivity index (χ0) is 24.6. The van der Waals surface area contributed by atoms with E-state index in [0.717, 1.165) is 69.2 Å². The second kappa shape index (κ2) is 16.6. The van der Waals surface area contributed by atoms with Gasteiger partial charge >= 0.3 is 0 Å². The van der Waals surface area contributed by atoms with Crippen LogP contribution in [0.15, 0.2) is 23.7 Å². The van der Waals surface area contributed by atoms with Crippen LogP contribution in [0.25, 0.3) is 0 Å². The fourth-order valence-electron chi connectivity index (χ4n) is 3.72. The van der Waals surface area contributed by atoms with Gasteiger partial charge in [-0.2, -0.15) is 0 Å². The van der Waals surface area contributed by atoms with Crippen molar-refractivity contribution in [3.63, 3.8) is 0 Å².